The van der Waals surface area contributed by atoms with Crippen molar-refractivity contribution in [2.75, 3.05) is 26.3 Å². The van der Waals surface area contributed by atoms with Crippen LogP contribution in [0.5, 0.6) is 5.75 Å². The van der Waals surface area contributed by atoms with Gasteiger partial charge < -0.3 is 9.84 Å². The average Bonchev–Trinajstić information content (AvgIpc) is 2.96. The normalized spacial score (nSPS) is 18.3. The zero-order chi connectivity index (χ0) is 13.1. The van der Waals surface area contributed by atoms with Gasteiger partial charge in [0.15, 0.2) is 0 Å². The molecule has 0 radical (unpaired) electrons. The summed E-state index contributed by atoms with van der Waals surface area (Å²) in [4.78, 5) is 3.65. The number of phenolic OH excluding ortho intramolecular Hbond substituents is 1. The van der Waals surface area contributed by atoms with Gasteiger partial charge in [0.1, 0.15) is 5.75 Å². The lowest BCUT2D eigenvalue weighted by molar-refractivity contribution is 0.0242. The molecule has 0 saturated carbocycles. The number of hydrogen-bond donors (Lipinski definition) is 1. The molecule has 3 nitrogen and oxygen atoms in total. The predicted molar refractivity (Wildman–Crippen MR) is 76.7 cm³/mol. The van der Waals surface area contributed by atoms with E-state index in [0.717, 1.165) is 31.9 Å². The van der Waals surface area contributed by atoms with Crippen LogP contribution in [0.4, 0.5) is 0 Å². The molecule has 0 bridgehead atoms. The zero-order valence-corrected chi connectivity index (χ0v) is 11.5. The van der Waals surface area contributed by atoms with Crippen molar-refractivity contribution in [2.45, 2.75) is 6.04 Å². The summed E-state index contributed by atoms with van der Waals surface area (Å²) in [6, 6.07) is 11.9. The van der Waals surface area contributed by atoms with Gasteiger partial charge in [0.25, 0.3) is 0 Å². The van der Waals surface area contributed by atoms with Crippen LogP contribution < -0.4 is 0 Å². The Hall–Kier alpha value is -1.36. The Labute approximate surface area is 117 Å². The fourth-order valence-corrected chi connectivity index (χ4v) is 3.41. The maximum absolute atomic E-state index is 10.2. The van der Waals surface area contributed by atoms with Crippen LogP contribution in [-0.2, 0) is 4.74 Å². The van der Waals surface area contributed by atoms with E-state index < -0.39 is 0 Å². The Morgan fingerprint density at radius 3 is 2.58 bits per heavy atom. The SMILES string of the molecule is Oc1ccccc1C(c1cccs1)N1CCOCC1. The van der Waals surface area contributed by atoms with Gasteiger partial charge in [-0.1, -0.05) is 24.3 Å². The number of rotatable bonds is 3. The first-order valence-corrected chi connectivity index (χ1v) is 7.37. The van der Waals surface area contributed by atoms with Gasteiger partial charge in [-0.25, -0.2) is 0 Å². The van der Waals surface area contributed by atoms with Gasteiger partial charge in [0.05, 0.1) is 19.3 Å². The first-order chi connectivity index (χ1) is 9.36. The largest absolute Gasteiger partial charge is 0.508 e. The molecule has 4 heteroatoms. The molecule has 0 amide bonds. The van der Waals surface area contributed by atoms with Crippen LogP contribution in [0.15, 0.2) is 41.8 Å². The van der Waals surface area contributed by atoms with Crippen molar-refractivity contribution in [3.63, 3.8) is 0 Å². The van der Waals surface area contributed by atoms with E-state index in [1.165, 1.54) is 4.88 Å². The highest BCUT2D eigenvalue weighted by molar-refractivity contribution is 7.10. The summed E-state index contributed by atoms with van der Waals surface area (Å²) in [5, 5.41) is 12.2. The monoisotopic (exact) mass is 275 g/mol. The van der Waals surface area contributed by atoms with Crippen LogP contribution >= 0.6 is 11.3 Å². The van der Waals surface area contributed by atoms with Crippen molar-refractivity contribution in [1.29, 1.82) is 0 Å². The zero-order valence-electron chi connectivity index (χ0n) is 10.7. The van der Waals surface area contributed by atoms with E-state index in [4.69, 9.17) is 4.74 Å². The molecule has 1 aliphatic heterocycles. The molecule has 100 valence electrons. The summed E-state index contributed by atoms with van der Waals surface area (Å²) in [7, 11) is 0. The standard InChI is InChI=1S/C15H17NO2S/c17-13-5-2-1-4-12(13)15(14-6-3-11-19-14)16-7-9-18-10-8-16/h1-6,11,15,17H,7-10H2. The van der Waals surface area contributed by atoms with Crippen LogP contribution in [0.2, 0.25) is 0 Å². The highest BCUT2D eigenvalue weighted by atomic mass is 32.1. The van der Waals surface area contributed by atoms with Crippen LogP contribution in [0.3, 0.4) is 0 Å². The summed E-state index contributed by atoms with van der Waals surface area (Å²) in [6.45, 7) is 3.32. The van der Waals surface area contributed by atoms with E-state index in [1.54, 1.807) is 17.4 Å². The molecule has 1 aliphatic rings. The van der Waals surface area contributed by atoms with Crippen molar-refractivity contribution in [2.24, 2.45) is 0 Å². The summed E-state index contributed by atoms with van der Waals surface area (Å²) >= 11 is 1.73. The minimum absolute atomic E-state index is 0.130. The molecule has 1 atom stereocenters. The number of morpholine rings is 1. The van der Waals surface area contributed by atoms with Gasteiger partial charge in [0.2, 0.25) is 0 Å². The van der Waals surface area contributed by atoms with Gasteiger partial charge in [-0.15, -0.1) is 11.3 Å². The van der Waals surface area contributed by atoms with Gasteiger partial charge in [-0.05, 0) is 17.5 Å². The van der Waals surface area contributed by atoms with E-state index in [9.17, 15) is 5.11 Å². The van der Waals surface area contributed by atoms with E-state index in [-0.39, 0.29) is 6.04 Å². The number of thiophene rings is 1. The first kappa shape index (κ1) is 12.7. The molecular formula is C15H17NO2S. The maximum atomic E-state index is 10.2. The molecule has 1 aromatic heterocycles. The fraction of sp³-hybridized carbons (Fsp3) is 0.333. The molecule has 19 heavy (non-hydrogen) atoms. The minimum atomic E-state index is 0.130. The third-order valence-corrected chi connectivity index (χ3v) is 4.38. The molecule has 1 saturated heterocycles. The summed E-state index contributed by atoms with van der Waals surface area (Å²) < 4.78 is 5.43. The van der Waals surface area contributed by atoms with Crippen molar-refractivity contribution < 1.29 is 9.84 Å². The van der Waals surface area contributed by atoms with Crippen LogP contribution in [-0.4, -0.2) is 36.3 Å². The van der Waals surface area contributed by atoms with E-state index in [1.807, 2.05) is 18.2 Å². The number of ether oxygens (including phenoxy) is 1. The molecular weight excluding hydrogens is 258 g/mol. The molecule has 3 rings (SSSR count). The molecule has 2 heterocycles. The Kier molecular flexibility index (Phi) is 3.82. The Morgan fingerprint density at radius 1 is 1.11 bits per heavy atom. The fourth-order valence-electron chi connectivity index (χ4n) is 2.53. The van der Waals surface area contributed by atoms with Crippen molar-refractivity contribution >= 4 is 11.3 Å². The van der Waals surface area contributed by atoms with Crippen LogP contribution in [0.25, 0.3) is 0 Å². The number of nitrogens with zero attached hydrogens (tertiary/aromatic N) is 1. The average molecular weight is 275 g/mol. The first-order valence-electron chi connectivity index (χ1n) is 6.49. The van der Waals surface area contributed by atoms with Crippen molar-refractivity contribution in [1.82, 2.24) is 4.90 Å². The van der Waals surface area contributed by atoms with Crippen molar-refractivity contribution in [3.8, 4) is 5.75 Å². The van der Waals surface area contributed by atoms with Gasteiger partial charge in [-0.2, -0.15) is 0 Å². The lowest BCUT2D eigenvalue weighted by Gasteiger charge is -2.34. The molecule has 2 aromatic rings. The number of benzene rings is 1. The topological polar surface area (TPSA) is 32.7 Å². The Balaban J connectivity index is 1.99. The second-order valence-corrected chi connectivity index (χ2v) is 5.60. The summed E-state index contributed by atoms with van der Waals surface area (Å²) in [5.74, 6) is 0.368. The van der Waals surface area contributed by atoms with E-state index >= 15 is 0 Å². The molecule has 0 aliphatic carbocycles. The maximum Gasteiger partial charge on any atom is 0.120 e. The van der Waals surface area contributed by atoms with Crippen molar-refractivity contribution in [3.05, 3.63) is 52.2 Å². The van der Waals surface area contributed by atoms with E-state index in [0.29, 0.717) is 5.75 Å². The lowest BCUT2D eigenvalue weighted by Crippen LogP contribution is -2.39. The smallest absolute Gasteiger partial charge is 0.120 e. The molecule has 1 N–H and O–H groups in total. The number of hydrogen-bond acceptors (Lipinski definition) is 4. The Bertz CT molecular complexity index is 521. The number of para-hydroxylation sites is 1. The van der Waals surface area contributed by atoms with Crippen LogP contribution in [0, 0.1) is 0 Å². The van der Waals surface area contributed by atoms with Gasteiger partial charge >= 0.3 is 0 Å². The highest BCUT2D eigenvalue weighted by Gasteiger charge is 2.26. The van der Waals surface area contributed by atoms with Gasteiger partial charge in [-0.3, -0.25) is 4.90 Å². The highest BCUT2D eigenvalue weighted by Crippen LogP contribution is 2.36. The summed E-state index contributed by atoms with van der Waals surface area (Å²) in [6.07, 6.45) is 0. The van der Waals surface area contributed by atoms with Crippen LogP contribution in [0.1, 0.15) is 16.5 Å². The Morgan fingerprint density at radius 2 is 1.89 bits per heavy atom. The third kappa shape index (κ3) is 2.66. The molecule has 1 unspecified atom stereocenters. The second kappa shape index (κ2) is 5.74. The molecule has 0 spiro atoms. The minimum Gasteiger partial charge on any atom is -0.508 e. The summed E-state index contributed by atoms with van der Waals surface area (Å²) in [5.41, 5.74) is 0.979. The third-order valence-electron chi connectivity index (χ3n) is 3.45. The quantitative estimate of drug-likeness (QED) is 0.935. The predicted octanol–water partition coefficient (Wildman–Crippen LogP) is 2.88. The number of phenols is 1. The van der Waals surface area contributed by atoms with E-state index in [2.05, 4.69) is 22.4 Å². The molecule has 1 aromatic carbocycles. The lowest BCUT2D eigenvalue weighted by atomic mass is 10.0. The number of aromatic hydroxyl groups is 1. The molecule has 1 fully saturated rings. The second-order valence-electron chi connectivity index (χ2n) is 4.63. The van der Waals surface area contributed by atoms with Gasteiger partial charge in [0, 0.05) is 23.5 Å².